The normalized spacial score (nSPS) is 12.7. The van der Waals surface area contributed by atoms with Crippen molar-refractivity contribution < 1.29 is 4.42 Å². The topological polar surface area (TPSA) is 38.1 Å². The lowest BCUT2D eigenvalue weighted by molar-refractivity contribution is 0.463. The lowest BCUT2D eigenvalue weighted by atomic mass is 10.1. The van der Waals surface area contributed by atoms with Crippen molar-refractivity contribution in [2.24, 2.45) is 0 Å². The summed E-state index contributed by atoms with van der Waals surface area (Å²) >= 11 is 0. The Bertz CT molecular complexity index is 423. The van der Waals surface area contributed by atoms with Gasteiger partial charge in [0.15, 0.2) is 0 Å². The summed E-state index contributed by atoms with van der Waals surface area (Å²) in [6, 6.07) is 8.02. The number of aromatic nitrogens is 1. The van der Waals surface area contributed by atoms with Crippen LogP contribution in [-0.4, -0.2) is 12.0 Å². The van der Waals surface area contributed by atoms with Gasteiger partial charge in [0.2, 0.25) is 0 Å². The van der Waals surface area contributed by atoms with Crippen molar-refractivity contribution in [3.63, 3.8) is 0 Å². The molecule has 2 aromatic rings. The molecule has 0 bridgehead atoms. The molecule has 0 radical (unpaired) electrons. The molecule has 0 saturated heterocycles. The molecular formula is C12H14N2O. The third kappa shape index (κ3) is 2.07. The molecule has 0 aliphatic carbocycles. The van der Waals surface area contributed by atoms with Gasteiger partial charge in [0, 0.05) is 11.9 Å². The minimum absolute atomic E-state index is 0.0988. The lowest BCUT2D eigenvalue weighted by Gasteiger charge is -2.14. The maximum absolute atomic E-state index is 5.40. The SMILES string of the molecule is CNC(c1ccnc(C)c1)c1ccco1. The van der Waals surface area contributed by atoms with Crippen molar-refractivity contribution in [2.45, 2.75) is 13.0 Å². The van der Waals surface area contributed by atoms with Crippen LogP contribution in [0.2, 0.25) is 0 Å². The van der Waals surface area contributed by atoms with Gasteiger partial charge in [-0.2, -0.15) is 0 Å². The lowest BCUT2D eigenvalue weighted by Crippen LogP contribution is -2.17. The van der Waals surface area contributed by atoms with Crippen LogP contribution in [0.5, 0.6) is 0 Å². The van der Waals surface area contributed by atoms with Gasteiger partial charge in [-0.25, -0.2) is 0 Å². The fraction of sp³-hybridized carbons (Fsp3) is 0.250. The second-order valence-electron chi connectivity index (χ2n) is 3.47. The predicted molar refractivity (Wildman–Crippen MR) is 58.6 cm³/mol. The molecule has 1 atom stereocenters. The Labute approximate surface area is 89.1 Å². The van der Waals surface area contributed by atoms with Crippen molar-refractivity contribution in [3.8, 4) is 0 Å². The number of furan rings is 1. The van der Waals surface area contributed by atoms with Crippen LogP contribution < -0.4 is 5.32 Å². The van der Waals surface area contributed by atoms with E-state index in [-0.39, 0.29) is 6.04 Å². The monoisotopic (exact) mass is 202 g/mol. The molecular weight excluding hydrogens is 188 g/mol. The molecule has 2 rings (SSSR count). The molecule has 0 spiro atoms. The van der Waals surface area contributed by atoms with Gasteiger partial charge < -0.3 is 9.73 Å². The van der Waals surface area contributed by atoms with Gasteiger partial charge >= 0.3 is 0 Å². The summed E-state index contributed by atoms with van der Waals surface area (Å²) in [5.41, 5.74) is 2.18. The minimum atomic E-state index is 0.0988. The number of hydrogen-bond donors (Lipinski definition) is 1. The summed E-state index contributed by atoms with van der Waals surface area (Å²) in [5.74, 6) is 0.920. The largest absolute Gasteiger partial charge is 0.467 e. The van der Waals surface area contributed by atoms with Gasteiger partial charge in [0.25, 0.3) is 0 Å². The van der Waals surface area contributed by atoms with Crippen molar-refractivity contribution in [1.29, 1.82) is 0 Å². The van der Waals surface area contributed by atoms with E-state index >= 15 is 0 Å². The van der Waals surface area contributed by atoms with Gasteiger partial charge in [-0.3, -0.25) is 4.98 Å². The van der Waals surface area contributed by atoms with E-state index in [1.807, 2.05) is 38.4 Å². The number of pyridine rings is 1. The fourth-order valence-electron chi connectivity index (χ4n) is 1.68. The zero-order chi connectivity index (χ0) is 10.7. The molecule has 3 nitrogen and oxygen atoms in total. The van der Waals surface area contributed by atoms with Gasteiger partial charge in [0.05, 0.1) is 12.3 Å². The third-order valence-corrected chi connectivity index (χ3v) is 2.37. The second-order valence-corrected chi connectivity index (χ2v) is 3.47. The maximum atomic E-state index is 5.40. The van der Waals surface area contributed by atoms with E-state index in [0.717, 1.165) is 11.5 Å². The van der Waals surface area contributed by atoms with E-state index in [9.17, 15) is 0 Å². The van der Waals surface area contributed by atoms with Crippen LogP contribution in [0.25, 0.3) is 0 Å². The summed E-state index contributed by atoms with van der Waals surface area (Å²) in [7, 11) is 1.92. The number of nitrogens with one attached hydrogen (secondary N) is 1. The summed E-state index contributed by atoms with van der Waals surface area (Å²) in [6.07, 6.45) is 3.51. The molecule has 2 aromatic heterocycles. The summed E-state index contributed by atoms with van der Waals surface area (Å²) in [6.45, 7) is 1.98. The molecule has 1 N–H and O–H groups in total. The van der Waals surface area contributed by atoms with E-state index in [1.54, 1.807) is 6.26 Å². The molecule has 1 unspecified atom stereocenters. The second kappa shape index (κ2) is 4.28. The Morgan fingerprint density at radius 1 is 1.40 bits per heavy atom. The highest BCUT2D eigenvalue weighted by atomic mass is 16.3. The van der Waals surface area contributed by atoms with E-state index in [0.29, 0.717) is 0 Å². The van der Waals surface area contributed by atoms with Crippen LogP contribution in [0.1, 0.15) is 23.1 Å². The highest BCUT2D eigenvalue weighted by Gasteiger charge is 2.14. The molecule has 0 saturated carbocycles. The Morgan fingerprint density at radius 3 is 2.87 bits per heavy atom. The number of rotatable bonds is 3. The highest BCUT2D eigenvalue weighted by molar-refractivity contribution is 5.26. The van der Waals surface area contributed by atoms with Crippen LogP contribution in [-0.2, 0) is 0 Å². The van der Waals surface area contributed by atoms with Gasteiger partial charge in [-0.1, -0.05) is 0 Å². The molecule has 78 valence electrons. The highest BCUT2D eigenvalue weighted by Crippen LogP contribution is 2.21. The molecule has 2 heterocycles. The van der Waals surface area contributed by atoms with Crippen molar-refractivity contribution in [1.82, 2.24) is 10.3 Å². The van der Waals surface area contributed by atoms with Crippen molar-refractivity contribution >= 4 is 0 Å². The first kappa shape index (κ1) is 9.93. The molecule has 3 heteroatoms. The molecule has 0 fully saturated rings. The predicted octanol–water partition coefficient (Wildman–Crippen LogP) is 2.29. The summed E-state index contributed by atoms with van der Waals surface area (Å²) in [4.78, 5) is 4.18. The average Bonchev–Trinajstić information content (AvgIpc) is 2.72. The minimum Gasteiger partial charge on any atom is -0.467 e. The number of aryl methyl sites for hydroxylation is 1. The Kier molecular flexibility index (Phi) is 2.83. The van der Waals surface area contributed by atoms with Crippen LogP contribution in [0.4, 0.5) is 0 Å². The Hall–Kier alpha value is -1.61. The van der Waals surface area contributed by atoms with Crippen LogP contribution in [0, 0.1) is 6.92 Å². The van der Waals surface area contributed by atoms with Crippen LogP contribution >= 0.6 is 0 Å². The first-order valence-corrected chi connectivity index (χ1v) is 4.94. The molecule has 0 amide bonds. The third-order valence-electron chi connectivity index (χ3n) is 2.37. The number of nitrogens with zero attached hydrogens (tertiary/aromatic N) is 1. The molecule has 0 aliphatic rings. The molecule has 0 aliphatic heterocycles. The maximum Gasteiger partial charge on any atom is 0.125 e. The zero-order valence-corrected chi connectivity index (χ0v) is 8.90. The summed E-state index contributed by atoms with van der Waals surface area (Å²) in [5, 5.41) is 3.23. The zero-order valence-electron chi connectivity index (χ0n) is 8.90. The quantitative estimate of drug-likeness (QED) is 0.829. The Morgan fingerprint density at radius 2 is 2.27 bits per heavy atom. The fourth-order valence-corrected chi connectivity index (χ4v) is 1.68. The first-order chi connectivity index (χ1) is 7.31. The average molecular weight is 202 g/mol. The van der Waals surface area contributed by atoms with Gasteiger partial charge in [-0.05, 0) is 43.8 Å². The first-order valence-electron chi connectivity index (χ1n) is 4.94. The van der Waals surface area contributed by atoms with Crippen molar-refractivity contribution in [3.05, 3.63) is 53.7 Å². The van der Waals surface area contributed by atoms with E-state index < -0.39 is 0 Å². The van der Waals surface area contributed by atoms with E-state index in [1.165, 1.54) is 5.56 Å². The molecule has 15 heavy (non-hydrogen) atoms. The Balaban J connectivity index is 2.35. The summed E-state index contributed by atoms with van der Waals surface area (Å²) < 4.78 is 5.40. The number of hydrogen-bond acceptors (Lipinski definition) is 3. The van der Waals surface area contributed by atoms with Crippen LogP contribution in [0.15, 0.2) is 41.1 Å². The van der Waals surface area contributed by atoms with Crippen molar-refractivity contribution in [2.75, 3.05) is 7.05 Å². The van der Waals surface area contributed by atoms with Crippen LogP contribution in [0.3, 0.4) is 0 Å². The molecule has 0 aromatic carbocycles. The standard InChI is InChI=1S/C12H14N2O/c1-9-8-10(5-6-14-9)12(13-2)11-4-3-7-15-11/h3-8,12-13H,1-2H3. The van der Waals surface area contributed by atoms with E-state index in [4.69, 9.17) is 4.42 Å². The van der Waals surface area contributed by atoms with Gasteiger partial charge in [-0.15, -0.1) is 0 Å². The van der Waals surface area contributed by atoms with Gasteiger partial charge in [0.1, 0.15) is 5.76 Å². The van der Waals surface area contributed by atoms with E-state index in [2.05, 4.69) is 16.4 Å². The smallest absolute Gasteiger partial charge is 0.125 e.